The molecule has 2 aliphatic rings. The lowest BCUT2D eigenvalue weighted by atomic mass is 9.92. The van der Waals surface area contributed by atoms with Crippen LogP contribution in [0.25, 0.3) is 4.91 Å². The molecule has 0 spiro atoms. The second-order valence-corrected chi connectivity index (χ2v) is 13.1. The van der Waals surface area contributed by atoms with Crippen LogP contribution in [0.1, 0.15) is 22.7 Å². The fraction of sp³-hybridized carbons (Fsp3) is 0.276. The molecule has 2 fully saturated rings. The molecule has 0 N–H and O–H groups in total. The van der Waals surface area contributed by atoms with E-state index in [2.05, 4.69) is 22.4 Å². The predicted octanol–water partition coefficient (Wildman–Crippen LogP) is 6.03. The summed E-state index contributed by atoms with van der Waals surface area (Å²) in [5.74, 6) is 0. The minimum atomic E-state index is -3.50. The fourth-order valence-electron chi connectivity index (χ4n) is 5.35. The lowest BCUT2D eigenvalue weighted by Crippen LogP contribution is -2.47. The minimum Gasteiger partial charge on any atom is -0.368 e. The van der Waals surface area contributed by atoms with E-state index in [1.54, 1.807) is 4.90 Å². The van der Waals surface area contributed by atoms with Crippen LogP contribution in [0.4, 0.5) is 10.5 Å². The van der Waals surface area contributed by atoms with Crippen LogP contribution in [-0.4, -0.2) is 69.0 Å². The smallest absolute Gasteiger partial charge is 0.278 e. The highest BCUT2D eigenvalue weighted by Crippen LogP contribution is 2.39. The third-order valence-electron chi connectivity index (χ3n) is 7.24. The van der Waals surface area contributed by atoms with E-state index in [-0.39, 0.29) is 11.3 Å². The number of thiol groups is 1. The zero-order valence-corrected chi connectivity index (χ0v) is 24.6. The summed E-state index contributed by atoms with van der Waals surface area (Å²) in [5.41, 5.74) is 4.65. The molecule has 10 heteroatoms. The second kappa shape index (κ2) is 11.6. The molecule has 204 valence electrons. The van der Waals surface area contributed by atoms with Gasteiger partial charge in [-0.25, -0.2) is 8.42 Å². The molecule has 0 unspecified atom stereocenters. The van der Waals surface area contributed by atoms with Crippen LogP contribution in [0.15, 0.2) is 78.4 Å². The van der Waals surface area contributed by atoms with Gasteiger partial charge in [-0.05, 0) is 58.7 Å². The topological polar surface area (TPSA) is 60.9 Å². The van der Waals surface area contributed by atoms with E-state index in [4.69, 9.17) is 23.2 Å². The molecule has 5 rings (SSSR count). The van der Waals surface area contributed by atoms with Gasteiger partial charge in [-0.1, -0.05) is 72.2 Å². The molecule has 0 atom stereocenters. The molecule has 2 saturated heterocycles. The number of carbonyl (C=O) groups excluding carboxylic acids is 1. The Kier molecular flexibility index (Phi) is 8.31. The van der Waals surface area contributed by atoms with Gasteiger partial charge in [-0.15, -0.1) is 0 Å². The Morgan fingerprint density at radius 2 is 1.38 bits per heavy atom. The monoisotopic (exact) mass is 601 g/mol. The Morgan fingerprint density at radius 1 is 0.846 bits per heavy atom. The summed E-state index contributed by atoms with van der Waals surface area (Å²) in [5, 5.41) is 1.10. The summed E-state index contributed by atoms with van der Waals surface area (Å²) in [6, 6.07) is 23.1. The molecular weight excluding hydrogens is 573 g/mol. The van der Waals surface area contributed by atoms with Crippen LogP contribution in [0.2, 0.25) is 10.0 Å². The molecule has 2 aliphatic heterocycles. The van der Waals surface area contributed by atoms with Gasteiger partial charge in [0.15, 0.2) is 9.84 Å². The molecular formula is C29H29Cl2N3O3S2. The predicted molar refractivity (Wildman–Crippen MR) is 163 cm³/mol. The van der Waals surface area contributed by atoms with Gasteiger partial charge >= 0.3 is 0 Å². The van der Waals surface area contributed by atoms with Gasteiger partial charge in [-0.3, -0.25) is 9.69 Å². The highest BCUT2D eigenvalue weighted by Gasteiger charge is 2.35. The Hall–Kier alpha value is -2.49. The molecule has 6 nitrogen and oxygen atoms in total. The van der Waals surface area contributed by atoms with Crippen LogP contribution in [0.3, 0.4) is 0 Å². The number of carbonyl (C=O) groups is 1. The van der Waals surface area contributed by atoms with Gasteiger partial charge < -0.3 is 9.80 Å². The first-order valence-corrected chi connectivity index (χ1v) is 15.7. The van der Waals surface area contributed by atoms with Crippen LogP contribution >= 0.6 is 35.8 Å². The van der Waals surface area contributed by atoms with Crippen molar-refractivity contribution in [3.63, 3.8) is 0 Å². The lowest BCUT2D eigenvalue weighted by molar-refractivity contribution is 0.203. The Labute approximate surface area is 245 Å². The number of anilines is 1. The van der Waals surface area contributed by atoms with Crippen molar-refractivity contribution in [3.8, 4) is 0 Å². The van der Waals surface area contributed by atoms with E-state index in [0.29, 0.717) is 59.8 Å². The number of halogens is 2. The first-order chi connectivity index (χ1) is 18.6. The highest BCUT2D eigenvalue weighted by molar-refractivity contribution is 8.00. The summed E-state index contributed by atoms with van der Waals surface area (Å²) >= 11 is 16.2. The van der Waals surface area contributed by atoms with Crippen molar-refractivity contribution in [1.82, 2.24) is 9.80 Å². The third-order valence-corrected chi connectivity index (χ3v) is 9.29. The van der Waals surface area contributed by atoms with Crippen molar-refractivity contribution in [3.05, 3.63) is 105 Å². The maximum Gasteiger partial charge on any atom is 0.278 e. The number of sulfone groups is 1. The van der Waals surface area contributed by atoms with Gasteiger partial charge in [0.2, 0.25) is 0 Å². The molecule has 3 aromatic carbocycles. The average Bonchev–Trinajstić information content (AvgIpc) is 2.88. The van der Waals surface area contributed by atoms with Gasteiger partial charge in [0.1, 0.15) is 0 Å². The third kappa shape index (κ3) is 6.31. The van der Waals surface area contributed by atoms with E-state index in [1.807, 2.05) is 72.8 Å². The molecule has 0 aliphatic carbocycles. The van der Waals surface area contributed by atoms with Crippen LogP contribution in [0, 0.1) is 0 Å². The highest BCUT2D eigenvalue weighted by atomic mass is 35.5. The van der Waals surface area contributed by atoms with Gasteiger partial charge in [0, 0.05) is 61.3 Å². The summed E-state index contributed by atoms with van der Waals surface area (Å²) in [6.45, 7) is 3.53. The molecule has 1 amide bonds. The van der Waals surface area contributed by atoms with E-state index in [9.17, 15) is 13.2 Å². The number of hydrogen-bond donors (Lipinski definition) is 1. The number of benzene rings is 3. The number of piperazine rings is 1. The summed E-state index contributed by atoms with van der Waals surface area (Å²) in [4.78, 5) is 18.1. The van der Waals surface area contributed by atoms with Crippen molar-refractivity contribution in [2.24, 2.45) is 0 Å². The average molecular weight is 603 g/mol. The summed E-state index contributed by atoms with van der Waals surface area (Å²) < 4.78 is 26.2. The van der Waals surface area contributed by atoms with Gasteiger partial charge in [0.05, 0.1) is 10.9 Å². The van der Waals surface area contributed by atoms with E-state index in [1.165, 1.54) is 6.26 Å². The van der Waals surface area contributed by atoms with E-state index in [0.717, 1.165) is 22.4 Å². The molecule has 2 heterocycles. The normalized spacial score (nSPS) is 16.4. The first-order valence-electron chi connectivity index (χ1n) is 12.6. The SMILES string of the molecule is CS(=O)(=O)C(=C1CN(C(c2ccc(Cl)cc2)c2ccc(Cl)cc2)C1)c1cccc(N2CCN(C(=O)S)CC2)c1. The largest absolute Gasteiger partial charge is 0.368 e. The zero-order valence-electron chi connectivity index (χ0n) is 21.4. The molecule has 3 aromatic rings. The molecule has 0 saturated carbocycles. The molecule has 39 heavy (non-hydrogen) atoms. The summed E-state index contributed by atoms with van der Waals surface area (Å²) in [7, 11) is -3.50. The number of amides is 1. The maximum atomic E-state index is 13.1. The van der Waals surface area contributed by atoms with Crippen molar-refractivity contribution in [2.75, 3.05) is 50.4 Å². The minimum absolute atomic E-state index is 0.0683. The summed E-state index contributed by atoms with van der Waals surface area (Å²) in [6.07, 6.45) is 1.28. The number of rotatable bonds is 6. The molecule has 0 bridgehead atoms. The Balaban J connectivity index is 1.44. The number of nitrogens with zero attached hydrogens (tertiary/aromatic N) is 3. The lowest BCUT2D eigenvalue weighted by Gasteiger charge is -2.42. The Bertz CT molecular complexity index is 1450. The standard InChI is InChI=1S/C29H29Cl2N3O3S2/c1-39(36,37)28(22-3-2-4-26(17-22)32-13-15-33(16-14-32)29(35)38)23-18-34(19-23)27(20-5-9-24(30)10-6-20)21-7-11-25(31)12-8-21/h2-12,17,27H,13-16,18-19H2,1H3,(H,35,38). The molecule has 0 aromatic heterocycles. The fourth-order valence-corrected chi connectivity index (χ4v) is 7.02. The van der Waals surface area contributed by atoms with E-state index < -0.39 is 9.84 Å². The number of likely N-dealkylation sites (tertiary alicyclic amines) is 1. The first kappa shape index (κ1) is 28.1. The quantitative estimate of drug-likeness (QED) is 0.350. The molecule has 0 radical (unpaired) electrons. The van der Waals surface area contributed by atoms with Gasteiger partial charge in [-0.2, -0.15) is 0 Å². The van der Waals surface area contributed by atoms with Crippen molar-refractivity contribution in [2.45, 2.75) is 6.04 Å². The van der Waals surface area contributed by atoms with Crippen molar-refractivity contribution in [1.29, 1.82) is 0 Å². The van der Waals surface area contributed by atoms with Crippen LogP contribution in [-0.2, 0) is 9.84 Å². The number of hydrogen-bond acceptors (Lipinski definition) is 5. The second-order valence-electron chi connectivity index (χ2n) is 9.92. The van der Waals surface area contributed by atoms with Crippen molar-refractivity contribution >= 4 is 61.5 Å². The maximum absolute atomic E-state index is 13.1. The van der Waals surface area contributed by atoms with Crippen LogP contribution < -0.4 is 4.90 Å². The van der Waals surface area contributed by atoms with E-state index >= 15 is 0 Å². The van der Waals surface area contributed by atoms with Gasteiger partial charge in [0.25, 0.3) is 5.24 Å². The zero-order chi connectivity index (χ0) is 27.7. The van der Waals surface area contributed by atoms with Crippen molar-refractivity contribution < 1.29 is 13.2 Å². The Morgan fingerprint density at radius 3 is 1.87 bits per heavy atom. The van der Waals surface area contributed by atoms with Crippen LogP contribution in [0.5, 0.6) is 0 Å².